The molecule has 0 aliphatic carbocycles. The Hall–Kier alpha value is -0.630. The van der Waals surface area contributed by atoms with Gasteiger partial charge in [-0.2, -0.15) is 5.26 Å². The third-order valence-corrected chi connectivity index (χ3v) is 2.38. The molecular formula is C11H21N3O. The number of ether oxygens (including phenoxy) is 1. The topological polar surface area (TPSA) is 48.3 Å². The number of nitrogens with zero attached hydrogens (tertiary/aromatic N) is 2. The van der Waals surface area contributed by atoms with Crippen molar-refractivity contribution in [3.63, 3.8) is 0 Å². The molecule has 0 bridgehead atoms. The summed E-state index contributed by atoms with van der Waals surface area (Å²) >= 11 is 0. The maximum absolute atomic E-state index is 8.62. The number of rotatable bonds is 3. The molecule has 0 aromatic heterocycles. The first-order valence-corrected chi connectivity index (χ1v) is 5.47. The van der Waals surface area contributed by atoms with Crippen molar-refractivity contribution in [2.75, 3.05) is 32.8 Å². The third kappa shape index (κ3) is 5.12. The Morgan fingerprint density at radius 3 is 2.87 bits per heavy atom. The first-order chi connectivity index (χ1) is 7.01. The molecule has 15 heavy (non-hydrogen) atoms. The molecule has 1 aliphatic rings. The van der Waals surface area contributed by atoms with Crippen LogP contribution < -0.4 is 5.32 Å². The summed E-state index contributed by atoms with van der Waals surface area (Å²) in [5.41, 5.74) is 0.126. The second-order valence-electron chi connectivity index (χ2n) is 5.02. The standard InChI is InChI=1S/C11H21N3O/c1-11(2,3)13-8-10-9-14(5-4-12)6-7-15-10/h10,13H,5-9H2,1-3H3/t10-/m1/s1. The summed E-state index contributed by atoms with van der Waals surface area (Å²) in [6.07, 6.45) is 0.214. The Morgan fingerprint density at radius 1 is 1.53 bits per heavy atom. The lowest BCUT2D eigenvalue weighted by atomic mass is 10.1. The van der Waals surface area contributed by atoms with Crippen LogP contribution in [0, 0.1) is 11.3 Å². The van der Waals surface area contributed by atoms with Crippen LogP contribution in [0.2, 0.25) is 0 Å². The summed E-state index contributed by atoms with van der Waals surface area (Å²) in [6.45, 7) is 10.3. The van der Waals surface area contributed by atoms with Crippen molar-refractivity contribution in [2.24, 2.45) is 0 Å². The van der Waals surface area contributed by atoms with Gasteiger partial charge in [-0.15, -0.1) is 0 Å². The van der Waals surface area contributed by atoms with Crippen LogP contribution in [0.3, 0.4) is 0 Å². The molecule has 1 fully saturated rings. The fourth-order valence-corrected chi connectivity index (χ4v) is 1.57. The van der Waals surface area contributed by atoms with Crippen molar-refractivity contribution in [3.8, 4) is 6.07 Å². The van der Waals surface area contributed by atoms with Gasteiger partial charge < -0.3 is 10.1 Å². The molecule has 0 unspecified atom stereocenters. The lowest BCUT2D eigenvalue weighted by molar-refractivity contribution is -0.0250. The Bertz CT molecular complexity index is 229. The average Bonchev–Trinajstić information content (AvgIpc) is 2.15. The Balaban J connectivity index is 2.28. The van der Waals surface area contributed by atoms with Gasteiger partial charge in [-0.1, -0.05) is 0 Å². The lowest BCUT2D eigenvalue weighted by Crippen LogP contribution is -2.49. The summed E-state index contributed by atoms with van der Waals surface area (Å²) in [5.74, 6) is 0. The molecule has 0 spiro atoms. The summed E-state index contributed by atoms with van der Waals surface area (Å²) < 4.78 is 5.64. The van der Waals surface area contributed by atoms with E-state index in [1.54, 1.807) is 0 Å². The SMILES string of the molecule is CC(C)(C)NC[C@@H]1CN(CC#N)CCO1. The van der Waals surface area contributed by atoms with E-state index in [9.17, 15) is 0 Å². The van der Waals surface area contributed by atoms with Crippen molar-refractivity contribution in [3.05, 3.63) is 0 Å². The average molecular weight is 211 g/mol. The van der Waals surface area contributed by atoms with Crippen LogP contribution >= 0.6 is 0 Å². The zero-order chi connectivity index (χ0) is 11.3. The monoisotopic (exact) mass is 211 g/mol. The quantitative estimate of drug-likeness (QED) is 0.694. The zero-order valence-corrected chi connectivity index (χ0v) is 9.92. The fourth-order valence-electron chi connectivity index (χ4n) is 1.57. The second-order valence-corrected chi connectivity index (χ2v) is 5.02. The maximum Gasteiger partial charge on any atom is 0.0867 e. The maximum atomic E-state index is 8.62. The van der Waals surface area contributed by atoms with E-state index in [1.807, 2.05) is 0 Å². The summed E-state index contributed by atoms with van der Waals surface area (Å²) in [5, 5.41) is 12.0. The predicted octanol–water partition coefficient (Wildman–Crippen LogP) is 0.599. The van der Waals surface area contributed by atoms with Crippen molar-refractivity contribution in [1.29, 1.82) is 5.26 Å². The van der Waals surface area contributed by atoms with E-state index in [-0.39, 0.29) is 11.6 Å². The first-order valence-electron chi connectivity index (χ1n) is 5.47. The van der Waals surface area contributed by atoms with E-state index in [0.717, 1.165) is 26.2 Å². The molecule has 1 rings (SSSR count). The molecule has 1 N–H and O–H groups in total. The number of hydrogen-bond acceptors (Lipinski definition) is 4. The van der Waals surface area contributed by atoms with Gasteiger partial charge in [0.1, 0.15) is 0 Å². The predicted molar refractivity (Wildman–Crippen MR) is 59.5 cm³/mol. The highest BCUT2D eigenvalue weighted by Crippen LogP contribution is 2.06. The van der Waals surface area contributed by atoms with Gasteiger partial charge in [0, 0.05) is 25.2 Å². The van der Waals surface area contributed by atoms with Crippen molar-refractivity contribution < 1.29 is 4.74 Å². The molecule has 86 valence electrons. The highest BCUT2D eigenvalue weighted by atomic mass is 16.5. The highest BCUT2D eigenvalue weighted by molar-refractivity contribution is 4.83. The summed E-state index contributed by atoms with van der Waals surface area (Å²) in [4.78, 5) is 2.14. The Morgan fingerprint density at radius 2 is 2.27 bits per heavy atom. The lowest BCUT2D eigenvalue weighted by Gasteiger charge is -2.33. The van der Waals surface area contributed by atoms with E-state index in [0.29, 0.717) is 6.54 Å². The number of nitriles is 1. The molecule has 1 atom stereocenters. The number of nitrogens with one attached hydrogen (secondary N) is 1. The molecule has 0 amide bonds. The molecule has 1 heterocycles. The van der Waals surface area contributed by atoms with Gasteiger partial charge in [0.15, 0.2) is 0 Å². The van der Waals surface area contributed by atoms with Crippen molar-refractivity contribution >= 4 is 0 Å². The summed E-state index contributed by atoms with van der Waals surface area (Å²) in [7, 11) is 0. The number of morpholine rings is 1. The molecule has 0 radical (unpaired) electrons. The summed E-state index contributed by atoms with van der Waals surface area (Å²) in [6, 6.07) is 2.18. The van der Waals surface area contributed by atoms with Crippen LogP contribution in [0.4, 0.5) is 0 Å². The molecule has 0 saturated carbocycles. The zero-order valence-electron chi connectivity index (χ0n) is 9.92. The van der Waals surface area contributed by atoms with Crippen LogP contribution in [0.5, 0.6) is 0 Å². The van der Waals surface area contributed by atoms with Crippen LogP contribution in [-0.4, -0.2) is 49.3 Å². The first kappa shape index (κ1) is 12.4. The van der Waals surface area contributed by atoms with Crippen molar-refractivity contribution in [2.45, 2.75) is 32.4 Å². The molecule has 0 aromatic rings. The van der Waals surface area contributed by atoms with Crippen molar-refractivity contribution in [1.82, 2.24) is 10.2 Å². The van der Waals surface area contributed by atoms with Crippen LogP contribution in [0.1, 0.15) is 20.8 Å². The van der Waals surface area contributed by atoms with E-state index < -0.39 is 0 Å². The van der Waals surface area contributed by atoms with Gasteiger partial charge in [-0.25, -0.2) is 0 Å². The minimum atomic E-state index is 0.126. The smallest absolute Gasteiger partial charge is 0.0867 e. The largest absolute Gasteiger partial charge is 0.374 e. The van der Waals surface area contributed by atoms with Gasteiger partial charge in [0.25, 0.3) is 0 Å². The highest BCUT2D eigenvalue weighted by Gasteiger charge is 2.21. The van der Waals surface area contributed by atoms with E-state index in [4.69, 9.17) is 10.00 Å². The van der Waals surface area contributed by atoms with Crippen LogP contribution in [-0.2, 0) is 4.74 Å². The van der Waals surface area contributed by atoms with Gasteiger partial charge in [0.2, 0.25) is 0 Å². The van der Waals surface area contributed by atoms with Gasteiger partial charge in [0.05, 0.1) is 25.3 Å². The van der Waals surface area contributed by atoms with E-state index in [1.165, 1.54) is 0 Å². The Labute approximate surface area is 92.2 Å². The van der Waals surface area contributed by atoms with E-state index >= 15 is 0 Å². The second kappa shape index (κ2) is 5.45. The number of hydrogen-bond donors (Lipinski definition) is 1. The molecule has 4 heteroatoms. The molecule has 1 saturated heterocycles. The van der Waals surface area contributed by atoms with Crippen LogP contribution in [0.15, 0.2) is 0 Å². The minimum absolute atomic E-state index is 0.126. The molecule has 4 nitrogen and oxygen atoms in total. The molecule has 0 aromatic carbocycles. The van der Waals surface area contributed by atoms with E-state index in [2.05, 4.69) is 37.1 Å². The Kier molecular flexibility index (Phi) is 4.52. The van der Waals surface area contributed by atoms with Gasteiger partial charge in [-0.3, -0.25) is 4.90 Å². The van der Waals surface area contributed by atoms with Gasteiger partial charge >= 0.3 is 0 Å². The minimum Gasteiger partial charge on any atom is -0.374 e. The van der Waals surface area contributed by atoms with Gasteiger partial charge in [-0.05, 0) is 20.8 Å². The third-order valence-electron chi connectivity index (χ3n) is 2.38. The molecule has 1 aliphatic heterocycles. The van der Waals surface area contributed by atoms with Crippen LogP contribution in [0.25, 0.3) is 0 Å². The fraction of sp³-hybridized carbons (Fsp3) is 0.909. The molecular weight excluding hydrogens is 190 g/mol. The normalized spacial score (nSPS) is 23.7.